The fraction of sp³-hybridized carbons (Fsp3) is 1.00. The number of thioether (sulfide) groups is 1. The molecule has 0 atom stereocenters. The van der Waals surface area contributed by atoms with Crippen LogP contribution in [0, 0.1) is 0 Å². The molecule has 0 rings (SSSR count). The van der Waals surface area contributed by atoms with Crippen LogP contribution in [0.1, 0.15) is 34.6 Å². The van der Waals surface area contributed by atoms with Gasteiger partial charge in [0.05, 0.1) is 0 Å². The molecule has 11 heavy (non-hydrogen) atoms. The van der Waals surface area contributed by atoms with Gasteiger partial charge in [0, 0.05) is 11.9 Å². The van der Waals surface area contributed by atoms with Crippen LogP contribution in [0.5, 0.6) is 0 Å². The molecule has 0 amide bonds. The van der Waals surface area contributed by atoms with Gasteiger partial charge in [0.1, 0.15) is 0 Å². The van der Waals surface area contributed by atoms with E-state index in [-0.39, 0.29) is 0 Å². The largest absolute Gasteiger partial charge is 0.295 e. The van der Waals surface area contributed by atoms with Crippen LogP contribution in [0.4, 0.5) is 0 Å². The summed E-state index contributed by atoms with van der Waals surface area (Å²) in [5.74, 6) is 2.38. The van der Waals surface area contributed by atoms with E-state index < -0.39 is 0 Å². The fourth-order valence-corrected chi connectivity index (χ4v) is 1.15. The lowest BCUT2D eigenvalue weighted by Gasteiger charge is -2.19. The molecule has 0 aromatic rings. The van der Waals surface area contributed by atoms with Crippen LogP contribution < -0.4 is 0 Å². The Bertz CT molecular complexity index is 64.6. The monoisotopic (exact) mass is 177 g/mol. The van der Waals surface area contributed by atoms with Gasteiger partial charge in [0.2, 0.25) is 0 Å². The van der Waals surface area contributed by atoms with Gasteiger partial charge >= 0.3 is 0 Å². The van der Waals surface area contributed by atoms with Crippen molar-refractivity contribution >= 4 is 11.8 Å². The molecule has 0 aliphatic heterocycles. The Balaban J connectivity index is 0. The molecule has 0 aromatic heterocycles. The van der Waals surface area contributed by atoms with E-state index in [0.717, 1.165) is 5.88 Å². The van der Waals surface area contributed by atoms with Gasteiger partial charge in [0.15, 0.2) is 0 Å². The molecular weight excluding hydrogens is 154 g/mol. The summed E-state index contributed by atoms with van der Waals surface area (Å²) in [5.41, 5.74) is 0. The van der Waals surface area contributed by atoms with Crippen molar-refractivity contribution in [2.24, 2.45) is 0 Å². The minimum Gasteiger partial charge on any atom is -0.295 e. The Morgan fingerprint density at radius 2 is 1.73 bits per heavy atom. The number of nitrogens with zero attached hydrogens (tertiary/aromatic N) is 1. The van der Waals surface area contributed by atoms with E-state index in [1.54, 1.807) is 0 Å². The molecule has 2 heteroatoms. The highest BCUT2D eigenvalue weighted by Crippen LogP contribution is 2.03. The van der Waals surface area contributed by atoms with Gasteiger partial charge in [-0.15, -0.1) is 11.8 Å². The maximum Gasteiger partial charge on any atom is 0.0443 e. The average molecular weight is 177 g/mol. The summed E-state index contributed by atoms with van der Waals surface area (Å²) >= 11 is 1.97. The standard InChI is InChI=1S/C7H17NS.C2H6/c1-5-9-6-8(4)7(2)3;1-2/h7H,5-6H2,1-4H3;1-2H3. The van der Waals surface area contributed by atoms with Crippen LogP contribution in [0.3, 0.4) is 0 Å². The maximum atomic E-state index is 2.34. The molecule has 0 spiro atoms. The molecule has 0 heterocycles. The Labute approximate surface area is 76.5 Å². The topological polar surface area (TPSA) is 3.24 Å². The van der Waals surface area contributed by atoms with Crippen molar-refractivity contribution in [2.45, 2.75) is 40.7 Å². The Kier molecular flexibility index (Phi) is 13.0. The van der Waals surface area contributed by atoms with Crippen molar-refractivity contribution in [1.29, 1.82) is 0 Å². The smallest absolute Gasteiger partial charge is 0.0443 e. The van der Waals surface area contributed by atoms with E-state index in [0.29, 0.717) is 6.04 Å². The van der Waals surface area contributed by atoms with Gasteiger partial charge in [-0.05, 0) is 26.6 Å². The van der Waals surface area contributed by atoms with Crippen LogP contribution in [0.2, 0.25) is 0 Å². The normalized spacial score (nSPS) is 9.82. The van der Waals surface area contributed by atoms with E-state index in [4.69, 9.17) is 0 Å². The van der Waals surface area contributed by atoms with Crippen molar-refractivity contribution in [3.05, 3.63) is 0 Å². The summed E-state index contributed by atoms with van der Waals surface area (Å²) in [6.07, 6.45) is 0. The highest BCUT2D eigenvalue weighted by atomic mass is 32.2. The second-order valence-electron chi connectivity index (χ2n) is 2.47. The first kappa shape index (κ1) is 13.9. The first-order valence-corrected chi connectivity index (χ1v) is 5.62. The summed E-state index contributed by atoms with van der Waals surface area (Å²) in [6, 6.07) is 0.684. The molecule has 0 aliphatic rings. The predicted molar refractivity (Wildman–Crippen MR) is 57.2 cm³/mol. The Morgan fingerprint density at radius 1 is 1.27 bits per heavy atom. The highest BCUT2D eigenvalue weighted by molar-refractivity contribution is 7.99. The summed E-state index contributed by atoms with van der Waals surface area (Å²) in [5, 5.41) is 0. The molecule has 0 saturated carbocycles. The number of hydrogen-bond donors (Lipinski definition) is 0. The molecule has 70 valence electrons. The van der Waals surface area contributed by atoms with E-state index in [2.05, 4.69) is 32.7 Å². The first-order chi connectivity index (χ1) is 5.18. The zero-order valence-corrected chi connectivity index (χ0v) is 9.66. The molecule has 1 nitrogen and oxygen atoms in total. The highest BCUT2D eigenvalue weighted by Gasteiger charge is 1.99. The van der Waals surface area contributed by atoms with Crippen molar-refractivity contribution in [3.63, 3.8) is 0 Å². The molecule has 0 fully saturated rings. The van der Waals surface area contributed by atoms with E-state index in [9.17, 15) is 0 Å². The molecule has 0 unspecified atom stereocenters. The second-order valence-corrected chi connectivity index (χ2v) is 3.72. The summed E-state index contributed by atoms with van der Waals surface area (Å²) < 4.78 is 0. The van der Waals surface area contributed by atoms with Crippen LogP contribution in [-0.2, 0) is 0 Å². The minimum atomic E-state index is 0.684. The van der Waals surface area contributed by atoms with Crippen molar-refractivity contribution in [1.82, 2.24) is 4.90 Å². The summed E-state index contributed by atoms with van der Waals surface area (Å²) in [7, 11) is 2.16. The quantitative estimate of drug-likeness (QED) is 0.607. The third-order valence-electron chi connectivity index (χ3n) is 1.38. The third kappa shape index (κ3) is 10.3. The van der Waals surface area contributed by atoms with Gasteiger partial charge in [-0.2, -0.15) is 0 Å². The molecule has 0 saturated heterocycles. The van der Waals surface area contributed by atoms with Crippen LogP contribution in [-0.4, -0.2) is 29.6 Å². The number of hydrogen-bond acceptors (Lipinski definition) is 2. The Morgan fingerprint density at radius 3 is 2.00 bits per heavy atom. The van der Waals surface area contributed by atoms with Gasteiger partial charge < -0.3 is 0 Å². The zero-order chi connectivity index (χ0) is 9.28. The van der Waals surface area contributed by atoms with Gasteiger partial charge in [0.25, 0.3) is 0 Å². The van der Waals surface area contributed by atoms with Crippen molar-refractivity contribution in [3.8, 4) is 0 Å². The number of rotatable bonds is 4. The second kappa shape index (κ2) is 10.3. The third-order valence-corrected chi connectivity index (χ3v) is 2.38. The van der Waals surface area contributed by atoms with Gasteiger partial charge in [-0.3, -0.25) is 4.90 Å². The molecule has 0 bridgehead atoms. The van der Waals surface area contributed by atoms with Crippen LogP contribution >= 0.6 is 11.8 Å². The first-order valence-electron chi connectivity index (χ1n) is 4.46. The molecule has 0 N–H and O–H groups in total. The van der Waals surface area contributed by atoms with E-state index >= 15 is 0 Å². The SMILES string of the molecule is CC.CCSCN(C)C(C)C. The van der Waals surface area contributed by atoms with Crippen LogP contribution in [0.15, 0.2) is 0 Å². The molecule has 0 aliphatic carbocycles. The maximum absolute atomic E-state index is 2.34. The van der Waals surface area contributed by atoms with Gasteiger partial charge in [-0.25, -0.2) is 0 Å². The van der Waals surface area contributed by atoms with Crippen molar-refractivity contribution in [2.75, 3.05) is 18.7 Å². The molecule has 0 aromatic carbocycles. The van der Waals surface area contributed by atoms with Crippen molar-refractivity contribution < 1.29 is 0 Å². The minimum absolute atomic E-state index is 0.684. The average Bonchev–Trinajstić information content (AvgIpc) is 2.03. The van der Waals surface area contributed by atoms with E-state index in [1.807, 2.05) is 25.6 Å². The van der Waals surface area contributed by atoms with Crippen LogP contribution in [0.25, 0.3) is 0 Å². The molecular formula is C9H23NS. The summed E-state index contributed by atoms with van der Waals surface area (Å²) in [6.45, 7) is 10.6. The lowest BCUT2D eigenvalue weighted by Crippen LogP contribution is -2.25. The lowest BCUT2D eigenvalue weighted by molar-refractivity contribution is 0.322. The lowest BCUT2D eigenvalue weighted by atomic mass is 10.4. The Hall–Kier alpha value is 0.310. The summed E-state index contributed by atoms with van der Waals surface area (Å²) in [4.78, 5) is 2.34. The fourth-order valence-electron chi connectivity index (χ4n) is 0.384. The predicted octanol–water partition coefficient (Wildman–Crippen LogP) is 3.06. The molecule has 0 radical (unpaired) electrons. The van der Waals surface area contributed by atoms with E-state index in [1.165, 1.54) is 5.75 Å². The zero-order valence-electron chi connectivity index (χ0n) is 8.85. The van der Waals surface area contributed by atoms with Gasteiger partial charge in [-0.1, -0.05) is 20.8 Å².